The average Bonchev–Trinajstić information content (AvgIpc) is 2.66. The number of rotatable bonds is 0. The van der Waals surface area contributed by atoms with E-state index < -0.39 is 0 Å². The summed E-state index contributed by atoms with van der Waals surface area (Å²) in [4.78, 5) is 13.3. The molecule has 0 aliphatic heterocycles. The molecule has 2 heterocycles. The molecule has 3 aliphatic carbocycles. The molecule has 0 radical (unpaired) electrons. The fraction of sp³-hybridized carbons (Fsp3) is 0.0952. The predicted molar refractivity (Wildman–Crippen MR) is 92.1 cm³/mol. The van der Waals surface area contributed by atoms with Crippen LogP contribution in [-0.2, 0) is 0 Å². The van der Waals surface area contributed by atoms with Gasteiger partial charge in [-0.3, -0.25) is 4.98 Å². The van der Waals surface area contributed by atoms with Crippen LogP contribution in [0, 0.1) is 0 Å². The maximum Gasteiger partial charge on any atom is 0.115 e. The van der Waals surface area contributed by atoms with Gasteiger partial charge in [-0.05, 0) is 51.2 Å². The van der Waals surface area contributed by atoms with Crippen molar-refractivity contribution in [1.29, 1.82) is 0 Å². The Morgan fingerprint density at radius 2 is 1.42 bits per heavy atom. The summed E-state index contributed by atoms with van der Waals surface area (Å²) < 4.78 is 0. The first-order valence-electron chi connectivity index (χ1n) is 8.18. The molecule has 0 saturated carbocycles. The topological polar surface area (TPSA) is 38.7 Å². The summed E-state index contributed by atoms with van der Waals surface area (Å²) in [6.45, 7) is 0. The van der Waals surface area contributed by atoms with Crippen molar-refractivity contribution in [3.05, 3.63) is 101 Å². The molecule has 3 nitrogen and oxygen atoms in total. The lowest BCUT2D eigenvalue weighted by Gasteiger charge is -2.40. The van der Waals surface area contributed by atoms with Crippen molar-refractivity contribution in [3.8, 4) is 0 Å². The Balaban J connectivity index is 1.76. The fourth-order valence-corrected chi connectivity index (χ4v) is 4.48. The van der Waals surface area contributed by atoms with Crippen molar-refractivity contribution in [2.75, 3.05) is 0 Å². The van der Waals surface area contributed by atoms with Crippen LogP contribution in [0.25, 0.3) is 10.8 Å². The molecule has 4 aromatic rings. The summed E-state index contributed by atoms with van der Waals surface area (Å²) in [5.41, 5.74) is 7.77. The monoisotopic (exact) mass is 307 g/mol. The lowest BCUT2D eigenvalue weighted by atomic mass is 9.63. The second-order valence-corrected chi connectivity index (χ2v) is 6.56. The van der Waals surface area contributed by atoms with Gasteiger partial charge in [0.05, 0.1) is 11.6 Å². The van der Waals surface area contributed by atoms with Crippen LogP contribution in [0.15, 0.2) is 67.4 Å². The van der Waals surface area contributed by atoms with E-state index in [0.29, 0.717) is 0 Å². The predicted octanol–water partition coefficient (Wildman–Crippen LogP) is 4.01. The molecular formula is C21H13N3. The Morgan fingerprint density at radius 3 is 2.25 bits per heavy atom. The summed E-state index contributed by atoms with van der Waals surface area (Å²) in [6.07, 6.45) is 7.55. The van der Waals surface area contributed by atoms with Crippen LogP contribution >= 0.6 is 0 Å². The Bertz CT molecular complexity index is 997. The summed E-state index contributed by atoms with van der Waals surface area (Å²) in [5.74, 6) is 0.375. The molecular weight excluding hydrogens is 294 g/mol. The van der Waals surface area contributed by atoms with Gasteiger partial charge >= 0.3 is 0 Å². The van der Waals surface area contributed by atoms with Crippen LogP contribution < -0.4 is 0 Å². The molecule has 2 aromatic carbocycles. The molecule has 0 N–H and O–H groups in total. The smallest absolute Gasteiger partial charge is 0.115 e. The van der Waals surface area contributed by atoms with E-state index in [2.05, 4.69) is 57.4 Å². The van der Waals surface area contributed by atoms with E-state index >= 15 is 0 Å². The number of nitrogens with zero attached hydrogens (tertiary/aromatic N) is 3. The van der Waals surface area contributed by atoms with E-state index in [1.165, 1.54) is 38.6 Å². The van der Waals surface area contributed by atoms with E-state index in [9.17, 15) is 0 Å². The zero-order chi connectivity index (χ0) is 15.7. The molecule has 0 spiro atoms. The highest BCUT2D eigenvalue weighted by Gasteiger charge is 2.42. The van der Waals surface area contributed by atoms with Gasteiger partial charge in [-0.25, -0.2) is 9.97 Å². The van der Waals surface area contributed by atoms with Gasteiger partial charge in [-0.2, -0.15) is 0 Å². The van der Waals surface area contributed by atoms with Crippen molar-refractivity contribution in [3.63, 3.8) is 0 Å². The van der Waals surface area contributed by atoms with Crippen molar-refractivity contribution in [1.82, 2.24) is 15.0 Å². The molecule has 112 valence electrons. The molecule has 3 aliphatic rings. The largest absolute Gasteiger partial charge is 0.264 e. The van der Waals surface area contributed by atoms with Crippen LogP contribution in [0.1, 0.15) is 45.3 Å². The Labute approximate surface area is 139 Å². The van der Waals surface area contributed by atoms with E-state index in [0.717, 1.165) is 5.69 Å². The Morgan fingerprint density at radius 1 is 0.667 bits per heavy atom. The molecule has 0 amide bonds. The zero-order valence-corrected chi connectivity index (χ0v) is 12.8. The molecule has 24 heavy (non-hydrogen) atoms. The third kappa shape index (κ3) is 1.40. The van der Waals surface area contributed by atoms with E-state index in [1.807, 2.05) is 18.6 Å². The molecule has 2 atom stereocenters. The minimum absolute atomic E-state index is 0.163. The van der Waals surface area contributed by atoms with Crippen molar-refractivity contribution in [2.24, 2.45) is 0 Å². The Kier molecular flexibility index (Phi) is 2.20. The summed E-state index contributed by atoms with van der Waals surface area (Å²) in [6, 6.07) is 15.4. The highest BCUT2D eigenvalue weighted by Crippen LogP contribution is 2.55. The maximum atomic E-state index is 4.64. The van der Waals surface area contributed by atoms with Gasteiger partial charge in [-0.15, -0.1) is 0 Å². The number of hydrogen-bond donors (Lipinski definition) is 0. The first-order chi connectivity index (χ1) is 11.9. The molecule has 2 bridgehead atoms. The van der Waals surface area contributed by atoms with Crippen LogP contribution in [0.4, 0.5) is 0 Å². The quantitative estimate of drug-likeness (QED) is 0.425. The molecule has 7 rings (SSSR count). The molecule has 0 saturated heterocycles. The zero-order valence-electron chi connectivity index (χ0n) is 12.8. The summed E-state index contributed by atoms with van der Waals surface area (Å²) >= 11 is 0. The van der Waals surface area contributed by atoms with E-state index in [-0.39, 0.29) is 11.8 Å². The SMILES string of the molecule is c1ccc2cc3c(cc2c1)C1c2ccncc2C3c2ncncc21. The fourth-order valence-electron chi connectivity index (χ4n) is 4.48. The maximum absolute atomic E-state index is 4.64. The number of aromatic nitrogens is 3. The van der Waals surface area contributed by atoms with Crippen molar-refractivity contribution < 1.29 is 0 Å². The molecule has 3 heteroatoms. The molecule has 0 fully saturated rings. The standard InChI is InChI=1S/C21H13N3/c1-2-4-13-8-16-15(7-12(13)3-1)19-14-5-6-22-9-17(14)20(16)21-18(19)10-23-11-24-21/h1-11,19-20H. The lowest BCUT2D eigenvalue weighted by Crippen LogP contribution is -2.28. The average molecular weight is 307 g/mol. The first-order valence-corrected chi connectivity index (χ1v) is 8.18. The second-order valence-electron chi connectivity index (χ2n) is 6.56. The van der Waals surface area contributed by atoms with Gasteiger partial charge in [-0.1, -0.05) is 24.3 Å². The van der Waals surface area contributed by atoms with Gasteiger partial charge in [0.2, 0.25) is 0 Å². The first kappa shape index (κ1) is 12.4. The van der Waals surface area contributed by atoms with Gasteiger partial charge in [0, 0.05) is 30.1 Å². The third-order valence-electron chi connectivity index (χ3n) is 5.44. The number of hydrogen-bond acceptors (Lipinski definition) is 3. The number of benzene rings is 2. The lowest BCUT2D eigenvalue weighted by molar-refractivity contribution is 0.715. The normalized spacial score (nSPS) is 19.7. The summed E-state index contributed by atoms with van der Waals surface area (Å²) in [7, 11) is 0. The van der Waals surface area contributed by atoms with E-state index in [1.54, 1.807) is 6.33 Å². The second kappa shape index (κ2) is 4.26. The van der Waals surface area contributed by atoms with Crippen LogP contribution in [0.5, 0.6) is 0 Å². The molecule has 2 aromatic heterocycles. The van der Waals surface area contributed by atoms with Crippen molar-refractivity contribution >= 4 is 10.8 Å². The van der Waals surface area contributed by atoms with Gasteiger partial charge < -0.3 is 0 Å². The van der Waals surface area contributed by atoms with Crippen LogP contribution in [-0.4, -0.2) is 15.0 Å². The highest BCUT2D eigenvalue weighted by molar-refractivity contribution is 5.86. The van der Waals surface area contributed by atoms with Crippen molar-refractivity contribution in [2.45, 2.75) is 11.8 Å². The molecule has 2 unspecified atom stereocenters. The Hall–Kier alpha value is -3.07. The highest BCUT2D eigenvalue weighted by atomic mass is 14.8. The van der Waals surface area contributed by atoms with Crippen LogP contribution in [0.2, 0.25) is 0 Å². The number of fused-ring (bicyclic) bond motifs is 1. The third-order valence-corrected chi connectivity index (χ3v) is 5.44. The van der Waals surface area contributed by atoms with Gasteiger partial charge in [0.1, 0.15) is 6.33 Å². The number of pyridine rings is 1. The van der Waals surface area contributed by atoms with E-state index in [4.69, 9.17) is 0 Å². The minimum atomic E-state index is 0.163. The van der Waals surface area contributed by atoms with Gasteiger partial charge in [0.25, 0.3) is 0 Å². The van der Waals surface area contributed by atoms with Gasteiger partial charge in [0.15, 0.2) is 0 Å². The summed E-state index contributed by atoms with van der Waals surface area (Å²) in [5, 5.41) is 2.57. The van der Waals surface area contributed by atoms with Crippen LogP contribution in [0.3, 0.4) is 0 Å². The minimum Gasteiger partial charge on any atom is -0.264 e.